The molecule has 0 amide bonds. The molecule has 52 valence electrons. The third kappa shape index (κ3) is 0.361. The van der Waals surface area contributed by atoms with E-state index in [1.54, 1.807) is 5.57 Å². The Labute approximate surface area is 61.6 Å². The quantitative estimate of drug-likeness (QED) is 0.444. The van der Waals surface area contributed by atoms with Crippen LogP contribution < -0.4 is 0 Å². The standard InChI is InChI=1S/C10H12/c1-6-7-2-3-8(6)10-5-4-9(7)10/h4-5,7-10H,1-3H2/t7-,8+,9-,10+. The molecule has 2 saturated carbocycles. The van der Waals surface area contributed by atoms with Crippen molar-refractivity contribution < 1.29 is 0 Å². The largest absolute Gasteiger partial charge is 0.0993 e. The second kappa shape index (κ2) is 1.39. The van der Waals surface area contributed by atoms with Gasteiger partial charge >= 0.3 is 0 Å². The Morgan fingerprint density at radius 1 is 1.10 bits per heavy atom. The molecule has 3 aliphatic rings. The van der Waals surface area contributed by atoms with Crippen molar-refractivity contribution >= 4 is 0 Å². The van der Waals surface area contributed by atoms with Gasteiger partial charge in [-0.15, -0.1) is 0 Å². The molecule has 0 aromatic rings. The summed E-state index contributed by atoms with van der Waals surface area (Å²) in [6.07, 6.45) is 7.63. The van der Waals surface area contributed by atoms with E-state index in [0.717, 1.165) is 23.7 Å². The van der Waals surface area contributed by atoms with E-state index in [1.165, 1.54) is 12.8 Å². The molecule has 0 heteroatoms. The number of hydrogen-bond acceptors (Lipinski definition) is 0. The van der Waals surface area contributed by atoms with Crippen molar-refractivity contribution in [3.8, 4) is 0 Å². The highest BCUT2D eigenvalue weighted by molar-refractivity contribution is 5.32. The fourth-order valence-corrected chi connectivity index (χ4v) is 3.06. The zero-order valence-corrected chi connectivity index (χ0v) is 6.09. The third-order valence-electron chi connectivity index (χ3n) is 3.67. The molecule has 0 N–H and O–H groups in total. The molecule has 2 bridgehead atoms. The van der Waals surface area contributed by atoms with E-state index in [9.17, 15) is 0 Å². The number of hydrogen-bond donors (Lipinski definition) is 0. The Hall–Kier alpha value is -0.520. The lowest BCUT2D eigenvalue weighted by Gasteiger charge is -2.32. The highest BCUT2D eigenvalue weighted by atomic mass is 14.5. The lowest BCUT2D eigenvalue weighted by molar-refractivity contribution is 0.285. The summed E-state index contributed by atoms with van der Waals surface area (Å²) >= 11 is 0. The van der Waals surface area contributed by atoms with Gasteiger partial charge in [-0.25, -0.2) is 0 Å². The molecule has 0 heterocycles. The van der Waals surface area contributed by atoms with Crippen LogP contribution in [0, 0.1) is 23.7 Å². The van der Waals surface area contributed by atoms with E-state index in [-0.39, 0.29) is 0 Å². The van der Waals surface area contributed by atoms with Crippen molar-refractivity contribution in [1.82, 2.24) is 0 Å². The Kier molecular flexibility index (Phi) is 0.719. The Morgan fingerprint density at radius 3 is 1.90 bits per heavy atom. The van der Waals surface area contributed by atoms with Gasteiger partial charge < -0.3 is 0 Å². The first-order valence-electron chi connectivity index (χ1n) is 4.25. The van der Waals surface area contributed by atoms with Crippen LogP contribution in [0.3, 0.4) is 0 Å². The molecular formula is C10H12. The van der Waals surface area contributed by atoms with Crippen LogP contribution >= 0.6 is 0 Å². The summed E-state index contributed by atoms with van der Waals surface area (Å²) in [4.78, 5) is 0. The van der Waals surface area contributed by atoms with Gasteiger partial charge in [0.25, 0.3) is 0 Å². The molecule has 4 atom stereocenters. The predicted molar refractivity (Wildman–Crippen MR) is 41.5 cm³/mol. The fourth-order valence-electron chi connectivity index (χ4n) is 3.06. The lowest BCUT2D eigenvalue weighted by Crippen LogP contribution is -2.24. The second-order valence-electron chi connectivity index (χ2n) is 3.90. The molecule has 0 aromatic carbocycles. The fraction of sp³-hybridized carbons (Fsp3) is 0.600. The van der Waals surface area contributed by atoms with Crippen LogP contribution in [0.1, 0.15) is 12.8 Å². The van der Waals surface area contributed by atoms with Crippen molar-refractivity contribution in [2.45, 2.75) is 12.8 Å². The van der Waals surface area contributed by atoms with E-state index in [4.69, 9.17) is 0 Å². The van der Waals surface area contributed by atoms with Gasteiger partial charge in [-0.1, -0.05) is 24.3 Å². The first-order chi connectivity index (χ1) is 4.88. The second-order valence-corrected chi connectivity index (χ2v) is 3.90. The van der Waals surface area contributed by atoms with Crippen molar-refractivity contribution in [3.05, 3.63) is 24.3 Å². The van der Waals surface area contributed by atoms with Gasteiger partial charge in [0.2, 0.25) is 0 Å². The molecule has 10 heavy (non-hydrogen) atoms. The zero-order valence-electron chi connectivity index (χ0n) is 6.09. The molecule has 3 aliphatic carbocycles. The summed E-state index contributed by atoms with van der Waals surface area (Å²) in [7, 11) is 0. The van der Waals surface area contributed by atoms with Gasteiger partial charge in [-0.05, 0) is 36.5 Å². The molecule has 0 nitrogen and oxygen atoms in total. The molecule has 0 spiro atoms. The maximum Gasteiger partial charge on any atom is -0.00990 e. The average molecular weight is 132 g/mol. The van der Waals surface area contributed by atoms with E-state index >= 15 is 0 Å². The molecule has 3 rings (SSSR count). The first kappa shape index (κ1) is 5.17. The summed E-state index contributed by atoms with van der Waals surface area (Å²) in [5.41, 5.74) is 1.57. The lowest BCUT2D eigenvalue weighted by atomic mass is 9.72. The van der Waals surface area contributed by atoms with Crippen LogP contribution in [-0.4, -0.2) is 0 Å². The predicted octanol–water partition coefficient (Wildman–Crippen LogP) is 2.38. The van der Waals surface area contributed by atoms with Gasteiger partial charge in [0, 0.05) is 0 Å². The average Bonchev–Trinajstić information content (AvgIpc) is 2.21. The van der Waals surface area contributed by atoms with E-state index < -0.39 is 0 Å². The van der Waals surface area contributed by atoms with Crippen LogP contribution in [0.2, 0.25) is 0 Å². The van der Waals surface area contributed by atoms with E-state index in [2.05, 4.69) is 18.7 Å². The molecular weight excluding hydrogens is 120 g/mol. The highest BCUT2D eigenvalue weighted by Crippen LogP contribution is 2.59. The van der Waals surface area contributed by atoms with Gasteiger partial charge in [-0.3, -0.25) is 0 Å². The molecule has 2 fully saturated rings. The first-order valence-corrected chi connectivity index (χ1v) is 4.25. The molecule has 0 unspecified atom stereocenters. The SMILES string of the molecule is C=C1[C@H]2CC[C@@H]1[C@@H]1C=C[C@@H]12. The summed E-state index contributed by atoms with van der Waals surface area (Å²) in [5, 5.41) is 0. The van der Waals surface area contributed by atoms with Crippen molar-refractivity contribution in [2.24, 2.45) is 23.7 Å². The van der Waals surface area contributed by atoms with Crippen LogP contribution in [0.25, 0.3) is 0 Å². The number of rotatable bonds is 0. The minimum absolute atomic E-state index is 0.889. The minimum atomic E-state index is 0.889. The van der Waals surface area contributed by atoms with Crippen molar-refractivity contribution in [1.29, 1.82) is 0 Å². The summed E-state index contributed by atoms with van der Waals surface area (Å²) in [6, 6.07) is 0. The Morgan fingerprint density at radius 2 is 1.60 bits per heavy atom. The highest BCUT2D eigenvalue weighted by Gasteiger charge is 2.50. The number of allylic oxidation sites excluding steroid dienone is 3. The minimum Gasteiger partial charge on any atom is -0.0993 e. The smallest absolute Gasteiger partial charge is 0.00990 e. The third-order valence-corrected chi connectivity index (χ3v) is 3.67. The number of fused-ring (bicyclic) bond motifs is 5. The van der Waals surface area contributed by atoms with Gasteiger partial charge in [0.15, 0.2) is 0 Å². The molecule has 0 radical (unpaired) electrons. The maximum atomic E-state index is 4.18. The van der Waals surface area contributed by atoms with Crippen LogP contribution in [0.5, 0.6) is 0 Å². The van der Waals surface area contributed by atoms with Crippen LogP contribution in [0.15, 0.2) is 24.3 Å². The maximum absolute atomic E-state index is 4.18. The van der Waals surface area contributed by atoms with E-state index in [1.807, 2.05) is 0 Å². The normalized spacial score (nSPS) is 55.0. The molecule has 0 saturated heterocycles. The summed E-state index contributed by atoms with van der Waals surface area (Å²) in [5.74, 6) is 3.62. The Balaban J connectivity index is 2.09. The summed E-state index contributed by atoms with van der Waals surface area (Å²) < 4.78 is 0. The Bertz CT molecular complexity index is 202. The van der Waals surface area contributed by atoms with Crippen molar-refractivity contribution in [2.75, 3.05) is 0 Å². The van der Waals surface area contributed by atoms with Crippen LogP contribution in [0.4, 0.5) is 0 Å². The van der Waals surface area contributed by atoms with Gasteiger partial charge in [-0.2, -0.15) is 0 Å². The van der Waals surface area contributed by atoms with E-state index in [0.29, 0.717) is 0 Å². The van der Waals surface area contributed by atoms with Gasteiger partial charge in [0.05, 0.1) is 0 Å². The molecule has 0 aromatic heterocycles. The van der Waals surface area contributed by atoms with Gasteiger partial charge in [0.1, 0.15) is 0 Å². The monoisotopic (exact) mass is 132 g/mol. The summed E-state index contributed by atoms with van der Waals surface area (Å²) in [6.45, 7) is 4.18. The zero-order chi connectivity index (χ0) is 6.72. The van der Waals surface area contributed by atoms with Crippen LogP contribution in [-0.2, 0) is 0 Å². The molecule has 0 aliphatic heterocycles. The topological polar surface area (TPSA) is 0 Å². The van der Waals surface area contributed by atoms with Crippen molar-refractivity contribution in [3.63, 3.8) is 0 Å².